The zero-order valence-corrected chi connectivity index (χ0v) is 16.8. The molecule has 5 nitrogen and oxygen atoms in total. The zero-order valence-electron chi connectivity index (χ0n) is 15.3. The van der Waals surface area contributed by atoms with Gasteiger partial charge in [0.25, 0.3) is 0 Å². The number of nitrogens with two attached hydrogens (primary N) is 1. The van der Waals surface area contributed by atoms with Gasteiger partial charge in [-0.1, -0.05) is 47.8 Å². The molecule has 0 bridgehead atoms. The first kappa shape index (κ1) is 19.2. The Kier molecular flexibility index (Phi) is 5.08. The van der Waals surface area contributed by atoms with Crippen LogP contribution in [-0.4, -0.2) is 29.3 Å². The van der Waals surface area contributed by atoms with E-state index in [2.05, 4.69) is 5.32 Å². The van der Waals surface area contributed by atoms with Crippen LogP contribution in [0.25, 0.3) is 0 Å². The van der Waals surface area contributed by atoms with Gasteiger partial charge in [-0.25, -0.2) is 0 Å². The van der Waals surface area contributed by atoms with Crippen LogP contribution in [0, 0.1) is 0 Å². The predicted molar refractivity (Wildman–Crippen MR) is 110 cm³/mol. The van der Waals surface area contributed by atoms with E-state index in [1.54, 1.807) is 18.2 Å². The summed E-state index contributed by atoms with van der Waals surface area (Å²) in [5, 5.41) is 4.12. The van der Waals surface area contributed by atoms with Crippen LogP contribution in [0.2, 0.25) is 10.0 Å². The molecule has 2 aromatic carbocycles. The maximum absolute atomic E-state index is 13.4. The van der Waals surface area contributed by atoms with Gasteiger partial charge in [-0.05, 0) is 42.7 Å². The van der Waals surface area contributed by atoms with E-state index >= 15 is 0 Å². The van der Waals surface area contributed by atoms with Gasteiger partial charge in [-0.3, -0.25) is 14.5 Å². The third kappa shape index (κ3) is 3.17. The van der Waals surface area contributed by atoms with Gasteiger partial charge in [0.15, 0.2) is 0 Å². The average molecular weight is 418 g/mol. The largest absolute Gasteiger partial charge is 0.368 e. The third-order valence-corrected chi connectivity index (χ3v) is 6.19. The van der Waals surface area contributed by atoms with Crippen molar-refractivity contribution in [1.82, 2.24) is 4.90 Å². The lowest BCUT2D eigenvalue weighted by Gasteiger charge is -2.45. The van der Waals surface area contributed by atoms with Gasteiger partial charge in [0.1, 0.15) is 5.54 Å². The topological polar surface area (TPSA) is 75.4 Å². The quantitative estimate of drug-likeness (QED) is 0.795. The van der Waals surface area contributed by atoms with Gasteiger partial charge in [-0.15, -0.1) is 0 Å². The summed E-state index contributed by atoms with van der Waals surface area (Å²) in [6.45, 7) is 0.615. The molecular formula is C21H21Cl2N3O2. The lowest BCUT2D eigenvalue weighted by Crippen LogP contribution is -2.61. The molecule has 0 aliphatic carbocycles. The molecule has 7 heteroatoms. The van der Waals surface area contributed by atoms with Crippen LogP contribution in [0.1, 0.15) is 30.4 Å². The molecule has 0 radical (unpaired) electrons. The second-order valence-electron chi connectivity index (χ2n) is 7.42. The summed E-state index contributed by atoms with van der Waals surface area (Å²) in [5.74, 6) is -0.571. The lowest BCUT2D eigenvalue weighted by atomic mass is 9.80. The molecule has 146 valence electrons. The second kappa shape index (κ2) is 7.39. The molecule has 0 saturated carbocycles. The van der Waals surface area contributed by atoms with Crippen LogP contribution in [0.4, 0.5) is 5.69 Å². The number of halogens is 2. The predicted octanol–water partition coefficient (Wildman–Crippen LogP) is 3.72. The molecule has 3 N–H and O–H groups in total. The smallest absolute Gasteiger partial charge is 0.249 e. The maximum Gasteiger partial charge on any atom is 0.249 e. The number of nitrogens with one attached hydrogen (secondary N) is 1. The van der Waals surface area contributed by atoms with Gasteiger partial charge in [0.2, 0.25) is 11.8 Å². The number of fused-ring (bicyclic) bond motifs is 1. The fourth-order valence-electron chi connectivity index (χ4n) is 4.52. The van der Waals surface area contributed by atoms with Crippen molar-refractivity contribution in [2.75, 3.05) is 11.9 Å². The van der Waals surface area contributed by atoms with Crippen LogP contribution >= 0.6 is 23.2 Å². The van der Waals surface area contributed by atoms with Crippen molar-refractivity contribution in [2.45, 2.75) is 37.3 Å². The number of likely N-dealkylation sites (tertiary alicyclic amines) is 1. The van der Waals surface area contributed by atoms with E-state index in [9.17, 15) is 9.59 Å². The summed E-state index contributed by atoms with van der Waals surface area (Å²) in [7, 11) is 0. The monoisotopic (exact) mass is 417 g/mol. The number of hydrogen-bond acceptors (Lipinski definition) is 3. The average Bonchev–Trinajstić information content (AvgIpc) is 2.93. The number of primary amides is 1. The first-order valence-electron chi connectivity index (χ1n) is 9.34. The minimum atomic E-state index is -1.04. The Balaban J connectivity index is 1.89. The molecule has 0 spiro atoms. The number of anilines is 1. The number of amides is 2. The first-order valence-corrected chi connectivity index (χ1v) is 10.1. The van der Waals surface area contributed by atoms with Crippen molar-refractivity contribution >= 4 is 40.7 Å². The SMILES string of the molecule is NC(=O)C1CCCCN1[C@]1(Cc2cccc(Cl)c2)C(=O)Nc2cc(Cl)ccc21. The zero-order chi connectivity index (χ0) is 19.9. The van der Waals surface area contributed by atoms with E-state index in [4.69, 9.17) is 28.9 Å². The molecule has 4 rings (SSSR count). The molecule has 2 atom stereocenters. The molecule has 2 heterocycles. The summed E-state index contributed by atoms with van der Waals surface area (Å²) < 4.78 is 0. The van der Waals surface area contributed by atoms with E-state index < -0.39 is 17.5 Å². The Bertz CT molecular complexity index is 949. The number of nitrogens with zero attached hydrogens (tertiary/aromatic N) is 1. The minimum Gasteiger partial charge on any atom is -0.368 e. The summed E-state index contributed by atoms with van der Waals surface area (Å²) in [4.78, 5) is 27.7. The molecule has 0 aromatic heterocycles. The van der Waals surface area contributed by atoms with E-state index in [1.807, 2.05) is 29.2 Å². The summed E-state index contributed by atoms with van der Waals surface area (Å²) >= 11 is 12.3. The van der Waals surface area contributed by atoms with E-state index in [0.29, 0.717) is 35.1 Å². The van der Waals surface area contributed by atoms with Crippen molar-refractivity contribution in [3.8, 4) is 0 Å². The normalized spacial score (nSPS) is 24.6. The van der Waals surface area contributed by atoms with Crippen LogP contribution < -0.4 is 11.1 Å². The van der Waals surface area contributed by atoms with E-state index in [0.717, 1.165) is 24.0 Å². The minimum absolute atomic E-state index is 0.169. The third-order valence-electron chi connectivity index (χ3n) is 5.72. The van der Waals surface area contributed by atoms with E-state index in [-0.39, 0.29) is 5.91 Å². The molecule has 28 heavy (non-hydrogen) atoms. The molecule has 1 unspecified atom stereocenters. The Morgan fingerprint density at radius 3 is 2.71 bits per heavy atom. The Morgan fingerprint density at radius 2 is 1.96 bits per heavy atom. The highest BCUT2D eigenvalue weighted by atomic mass is 35.5. The molecule has 2 amide bonds. The maximum atomic E-state index is 13.4. The molecule has 2 aliphatic heterocycles. The number of rotatable bonds is 4. The van der Waals surface area contributed by atoms with Gasteiger partial charge in [0.05, 0.1) is 6.04 Å². The fourth-order valence-corrected chi connectivity index (χ4v) is 4.90. The summed E-state index contributed by atoms with van der Waals surface area (Å²) in [5.41, 5.74) is 7.10. The first-order chi connectivity index (χ1) is 13.4. The van der Waals surface area contributed by atoms with Crippen molar-refractivity contribution in [3.63, 3.8) is 0 Å². The highest BCUT2D eigenvalue weighted by Crippen LogP contribution is 2.46. The molecule has 2 aromatic rings. The number of carbonyl (C=O) groups is 2. The fraction of sp³-hybridized carbons (Fsp3) is 0.333. The number of carbonyl (C=O) groups excluding carboxylic acids is 2. The van der Waals surface area contributed by atoms with Crippen molar-refractivity contribution < 1.29 is 9.59 Å². The molecule has 1 fully saturated rings. The van der Waals surface area contributed by atoms with Crippen molar-refractivity contribution in [3.05, 3.63) is 63.6 Å². The molecule has 2 aliphatic rings. The number of hydrogen-bond donors (Lipinski definition) is 2. The van der Waals surface area contributed by atoms with Gasteiger partial charge in [-0.2, -0.15) is 0 Å². The van der Waals surface area contributed by atoms with Crippen LogP contribution in [0.5, 0.6) is 0 Å². The Labute approximate surface area is 173 Å². The highest BCUT2D eigenvalue weighted by molar-refractivity contribution is 6.31. The number of benzene rings is 2. The van der Waals surface area contributed by atoms with Crippen molar-refractivity contribution in [1.29, 1.82) is 0 Å². The molecule has 1 saturated heterocycles. The van der Waals surface area contributed by atoms with Crippen molar-refractivity contribution in [2.24, 2.45) is 5.73 Å². The van der Waals surface area contributed by atoms with Crippen LogP contribution in [-0.2, 0) is 21.5 Å². The Hall–Kier alpha value is -2.08. The highest BCUT2D eigenvalue weighted by Gasteiger charge is 2.54. The number of piperidine rings is 1. The van der Waals surface area contributed by atoms with Gasteiger partial charge < -0.3 is 11.1 Å². The standard InChI is InChI=1S/C21H21Cl2N3O2/c22-14-5-3-4-13(10-14)12-21(26-9-2-1-6-18(26)19(24)27)16-8-7-15(23)11-17(16)25-20(21)28/h3-5,7-8,10-11,18H,1-2,6,9,12H2,(H2,24,27)(H,25,28)/t18?,21-/m0/s1. The molecular weight excluding hydrogens is 397 g/mol. The lowest BCUT2D eigenvalue weighted by molar-refractivity contribution is -0.137. The Morgan fingerprint density at radius 1 is 1.18 bits per heavy atom. The summed E-state index contributed by atoms with van der Waals surface area (Å²) in [6, 6.07) is 12.4. The van der Waals surface area contributed by atoms with Crippen LogP contribution in [0.15, 0.2) is 42.5 Å². The van der Waals surface area contributed by atoms with E-state index in [1.165, 1.54) is 0 Å². The second-order valence-corrected chi connectivity index (χ2v) is 8.29. The summed E-state index contributed by atoms with van der Waals surface area (Å²) in [6.07, 6.45) is 2.84. The van der Waals surface area contributed by atoms with Gasteiger partial charge >= 0.3 is 0 Å². The van der Waals surface area contributed by atoms with Gasteiger partial charge in [0, 0.05) is 34.3 Å². The van der Waals surface area contributed by atoms with Crippen LogP contribution in [0.3, 0.4) is 0 Å².